The molecule has 0 fully saturated rings. The molecular formula is C6H8N2O3. The molecule has 1 heterocycles. The van der Waals surface area contributed by atoms with E-state index in [2.05, 4.69) is 10.5 Å². The molecule has 11 heavy (non-hydrogen) atoms. The van der Waals surface area contributed by atoms with Crippen LogP contribution in [0.5, 0.6) is 0 Å². The van der Waals surface area contributed by atoms with Crippen molar-refractivity contribution in [2.75, 3.05) is 7.11 Å². The Balaban J connectivity index is 2.68. The van der Waals surface area contributed by atoms with Crippen LogP contribution in [0.1, 0.15) is 0 Å². The molecule has 2 N–H and O–H groups in total. The molecule has 0 aromatic heterocycles. The number of nitrogens with zero attached hydrogens (tertiary/aromatic N) is 1. The second kappa shape index (κ2) is 3.05. The average molecular weight is 156 g/mol. The fraction of sp³-hybridized carbons (Fsp3) is 0.333. The van der Waals surface area contributed by atoms with Crippen molar-refractivity contribution in [1.29, 1.82) is 0 Å². The average Bonchev–Trinajstić information content (AvgIpc) is 2.05. The molecule has 5 heteroatoms. The highest BCUT2D eigenvalue weighted by molar-refractivity contribution is 5.83. The van der Waals surface area contributed by atoms with Crippen molar-refractivity contribution >= 4 is 12.2 Å². The highest BCUT2D eigenvalue weighted by Crippen LogP contribution is 2.00. The van der Waals surface area contributed by atoms with Crippen LogP contribution in [0.15, 0.2) is 16.9 Å². The van der Waals surface area contributed by atoms with Crippen LogP contribution in [0.25, 0.3) is 0 Å². The predicted octanol–water partition coefficient (Wildman–Crippen LogP) is -0.441. The van der Waals surface area contributed by atoms with Gasteiger partial charge in [0.25, 0.3) is 0 Å². The molecule has 0 amide bonds. The molecular weight excluding hydrogens is 148 g/mol. The summed E-state index contributed by atoms with van der Waals surface area (Å²) in [5.74, 6) is -0.521. The molecule has 0 aromatic carbocycles. The maximum Gasteiger partial charge on any atom is 0.331 e. The minimum atomic E-state index is -0.976. The molecule has 0 bridgehead atoms. The van der Waals surface area contributed by atoms with Gasteiger partial charge in [-0.05, 0) is 6.08 Å². The van der Waals surface area contributed by atoms with Crippen LogP contribution in [0.4, 0.5) is 0 Å². The third-order valence-electron chi connectivity index (χ3n) is 1.24. The number of hydrazone groups is 1. The lowest BCUT2D eigenvalue weighted by Crippen LogP contribution is -2.34. The molecule has 0 saturated heterocycles. The van der Waals surface area contributed by atoms with Crippen molar-refractivity contribution < 1.29 is 14.6 Å². The van der Waals surface area contributed by atoms with Crippen LogP contribution in [-0.2, 0) is 9.53 Å². The zero-order chi connectivity index (χ0) is 8.27. The molecule has 0 saturated carbocycles. The lowest BCUT2D eigenvalue weighted by molar-refractivity contribution is -0.138. The smallest absolute Gasteiger partial charge is 0.331 e. The van der Waals surface area contributed by atoms with Gasteiger partial charge in [0.05, 0.1) is 13.3 Å². The van der Waals surface area contributed by atoms with Crippen molar-refractivity contribution in [3.63, 3.8) is 0 Å². The van der Waals surface area contributed by atoms with E-state index in [1.165, 1.54) is 19.4 Å². The first-order chi connectivity index (χ1) is 5.24. The Morgan fingerprint density at radius 2 is 2.64 bits per heavy atom. The van der Waals surface area contributed by atoms with Crippen molar-refractivity contribution in [3.05, 3.63) is 11.8 Å². The standard InChI is InChI=1S/C6H8N2O3/c1-11-4-2-5(6(9)10)8-7-3-4/h2-3,5,8H,1H3,(H,9,10). The topological polar surface area (TPSA) is 70.9 Å². The summed E-state index contributed by atoms with van der Waals surface area (Å²) in [4.78, 5) is 10.4. The molecule has 0 aliphatic carbocycles. The number of methoxy groups -OCH3 is 1. The summed E-state index contributed by atoms with van der Waals surface area (Å²) in [6, 6.07) is -0.782. The van der Waals surface area contributed by atoms with E-state index in [-0.39, 0.29) is 0 Å². The highest BCUT2D eigenvalue weighted by Gasteiger charge is 2.16. The third kappa shape index (κ3) is 1.70. The van der Waals surface area contributed by atoms with Gasteiger partial charge in [0.2, 0.25) is 0 Å². The summed E-state index contributed by atoms with van der Waals surface area (Å²) in [6.07, 6.45) is 2.86. The minimum Gasteiger partial charge on any atom is -0.495 e. The van der Waals surface area contributed by atoms with Crippen molar-refractivity contribution in [2.24, 2.45) is 5.10 Å². The first kappa shape index (κ1) is 7.59. The van der Waals surface area contributed by atoms with Crippen LogP contribution in [-0.4, -0.2) is 30.4 Å². The number of carboxylic acid groups (broad SMARTS) is 1. The Hall–Kier alpha value is -1.52. The summed E-state index contributed by atoms with van der Waals surface area (Å²) in [6.45, 7) is 0. The number of carbonyl (C=O) groups is 1. The summed E-state index contributed by atoms with van der Waals surface area (Å²) in [7, 11) is 1.46. The number of carboxylic acids is 1. The Bertz CT molecular complexity index is 222. The molecule has 0 aromatic rings. The van der Waals surface area contributed by atoms with E-state index in [1.54, 1.807) is 0 Å². The Morgan fingerprint density at radius 3 is 3.18 bits per heavy atom. The molecule has 0 spiro atoms. The monoisotopic (exact) mass is 156 g/mol. The molecule has 1 aliphatic heterocycles. The summed E-state index contributed by atoms with van der Waals surface area (Å²) in [5, 5.41) is 12.1. The van der Waals surface area contributed by atoms with Gasteiger partial charge < -0.3 is 9.84 Å². The Labute approximate surface area is 63.4 Å². The molecule has 1 rings (SSSR count). The van der Waals surface area contributed by atoms with Gasteiger partial charge in [0.1, 0.15) is 5.76 Å². The lowest BCUT2D eigenvalue weighted by atomic mass is 10.2. The van der Waals surface area contributed by atoms with E-state index in [4.69, 9.17) is 9.84 Å². The number of allylic oxidation sites excluding steroid dienone is 1. The predicted molar refractivity (Wildman–Crippen MR) is 38.1 cm³/mol. The van der Waals surface area contributed by atoms with Gasteiger partial charge in [-0.2, -0.15) is 5.10 Å². The van der Waals surface area contributed by atoms with Gasteiger partial charge in [-0.1, -0.05) is 0 Å². The maximum atomic E-state index is 10.4. The van der Waals surface area contributed by atoms with Gasteiger partial charge >= 0.3 is 5.97 Å². The fourth-order valence-corrected chi connectivity index (χ4v) is 0.673. The third-order valence-corrected chi connectivity index (χ3v) is 1.24. The lowest BCUT2D eigenvalue weighted by Gasteiger charge is -2.12. The molecule has 1 atom stereocenters. The number of rotatable bonds is 2. The van der Waals surface area contributed by atoms with Crippen LogP contribution < -0.4 is 5.43 Å². The van der Waals surface area contributed by atoms with Crippen molar-refractivity contribution in [1.82, 2.24) is 5.43 Å². The van der Waals surface area contributed by atoms with Gasteiger partial charge in [0, 0.05) is 0 Å². The molecule has 1 aliphatic rings. The van der Waals surface area contributed by atoms with Crippen LogP contribution >= 0.6 is 0 Å². The van der Waals surface area contributed by atoms with Crippen LogP contribution in [0.3, 0.4) is 0 Å². The first-order valence-corrected chi connectivity index (χ1v) is 3.01. The van der Waals surface area contributed by atoms with E-state index >= 15 is 0 Å². The van der Waals surface area contributed by atoms with E-state index in [1.807, 2.05) is 0 Å². The second-order valence-corrected chi connectivity index (χ2v) is 1.98. The highest BCUT2D eigenvalue weighted by atomic mass is 16.5. The summed E-state index contributed by atoms with van der Waals surface area (Å²) >= 11 is 0. The number of hydrogen-bond acceptors (Lipinski definition) is 4. The van der Waals surface area contributed by atoms with E-state index in [0.717, 1.165) is 0 Å². The van der Waals surface area contributed by atoms with E-state index in [9.17, 15) is 4.79 Å². The van der Waals surface area contributed by atoms with Crippen molar-refractivity contribution in [2.45, 2.75) is 6.04 Å². The summed E-state index contributed by atoms with van der Waals surface area (Å²) in [5.41, 5.74) is 2.40. The zero-order valence-corrected chi connectivity index (χ0v) is 5.94. The molecule has 5 nitrogen and oxygen atoms in total. The van der Waals surface area contributed by atoms with E-state index in [0.29, 0.717) is 5.76 Å². The van der Waals surface area contributed by atoms with Gasteiger partial charge in [-0.3, -0.25) is 5.43 Å². The van der Waals surface area contributed by atoms with Gasteiger partial charge in [0.15, 0.2) is 6.04 Å². The number of hydrogen-bond donors (Lipinski definition) is 2. The normalized spacial score (nSPS) is 21.9. The molecule has 1 unspecified atom stereocenters. The Morgan fingerprint density at radius 1 is 1.91 bits per heavy atom. The minimum absolute atomic E-state index is 0.455. The SMILES string of the molecule is COC1=CC(C(=O)O)NN=C1. The quantitative estimate of drug-likeness (QED) is 0.568. The Kier molecular flexibility index (Phi) is 2.10. The van der Waals surface area contributed by atoms with Gasteiger partial charge in [-0.15, -0.1) is 0 Å². The molecule has 0 radical (unpaired) electrons. The van der Waals surface area contributed by atoms with Gasteiger partial charge in [-0.25, -0.2) is 4.79 Å². The van der Waals surface area contributed by atoms with Crippen molar-refractivity contribution in [3.8, 4) is 0 Å². The maximum absolute atomic E-state index is 10.4. The van der Waals surface area contributed by atoms with Crippen LogP contribution in [0.2, 0.25) is 0 Å². The van der Waals surface area contributed by atoms with Crippen LogP contribution in [0, 0.1) is 0 Å². The molecule has 60 valence electrons. The zero-order valence-electron chi connectivity index (χ0n) is 5.94. The van der Waals surface area contributed by atoms with E-state index < -0.39 is 12.0 Å². The largest absolute Gasteiger partial charge is 0.495 e. The fourth-order valence-electron chi connectivity index (χ4n) is 0.673. The number of ether oxygens (including phenoxy) is 1. The second-order valence-electron chi connectivity index (χ2n) is 1.98. The number of nitrogens with one attached hydrogen (secondary N) is 1. The first-order valence-electron chi connectivity index (χ1n) is 3.01. The summed E-state index contributed by atoms with van der Waals surface area (Å²) < 4.78 is 4.78. The number of aliphatic carboxylic acids is 1.